The molecular weight excluding hydrogens is 253 g/mol. The van der Waals surface area contributed by atoms with Gasteiger partial charge in [0.1, 0.15) is 0 Å². The molecule has 3 aliphatic rings. The van der Waals surface area contributed by atoms with Crippen LogP contribution < -0.4 is 5.32 Å². The van der Waals surface area contributed by atoms with Crippen LogP contribution in [0.3, 0.4) is 0 Å². The Morgan fingerprint density at radius 3 is 2.26 bits per heavy atom. The van der Waals surface area contributed by atoms with Gasteiger partial charge in [-0.1, -0.05) is 6.42 Å². The summed E-state index contributed by atoms with van der Waals surface area (Å²) in [7, 11) is 0. The van der Waals surface area contributed by atoms with Gasteiger partial charge in [0.2, 0.25) is 0 Å². The van der Waals surface area contributed by atoms with Crippen molar-refractivity contribution in [2.45, 2.75) is 56.8 Å². The predicted octanol–water partition coefficient (Wildman–Crippen LogP) is 2.79. The number of piperidine rings is 1. The highest BCUT2D eigenvalue weighted by molar-refractivity contribution is 4.96. The molecule has 0 amide bonds. The zero-order chi connectivity index (χ0) is 13.5. The van der Waals surface area contributed by atoms with E-state index in [4.69, 9.17) is 0 Å². The minimum atomic E-state index is -4.05. The van der Waals surface area contributed by atoms with Gasteiger partial charge >= 0.3 is 6.18 Å². The van der Waals surface area contributed by atoms with E-state index in [9.17, 15) is 13.2 Å². The van der Waals surface area contributed by atoms with Crippen molar-refractivity contribution in [3.05, 3.63) is 0 Å². The summed E-state index contributed by atoms with van der Waals surface area (Å²) in [5, 5.41) is 3.72. The first kappa shape index (κ1) is 13.7. The van der Waals surface area contributed by atoms with Crippen LogP contribution >= 0.6 is 0 Å². The number of nitrogens with zero attached hydrogens (tertiary/aromatic N) is 1. The van der Waals surface area contributed by atoms with Crippen molar-refractivity contribution in [2.24, 2.45) is 11.8 Å². The summed E-state index contributed by atoms with van der Waals surface area (Å²) in [6.07, 6.45) is 3.11. The van der Waals surface area contributed by atoms with Gasteiger partial charge in [-0.15, -0.1) is 0 Å². The standard InChI is InChI=1S/C14H23F3N2/c15-14(16,17)9-19-5-3-12(4-6-19)18-13-8-10-1-2-11(13)7-10/h10-13,18H,1-9H2. The SMILES string of the molecule is FC(F)(F)CN1CCC(NC2CC3CCC2C3)CC1. The first-order valence-corrected chi connectivity index (χ1v) is 7.55. The first-order chi connectivity index (χ1) is 8.99. The molecule has 0 aromatic heterocycles. The van der Waals surface area contributed by atoms with E-state index in [-0.39, 0.29) is 0 Å². The number of hydrogen-bond acceptors (Lipinski definition) is 2. The summed E-state index contributed by atoms with van der Waals surface area (Å²) in [5.74, 6) is 1.77. The highest BCUT2D eigenvalue weighted by Crippen LogP contribution is 2.44. The van der Waals surface area contributed by atoms with E-state index < -0.39 is 12.7 Å². The second kappa shape index (κ2) is 5.24. The van der Waals surface area contributed by atoms with Crippen LogP contribution in [0, 0.1) is 11.8 Å². The lowest BCUT2D eigenvalue weighted by Gasteiger charge is -2.35. The molecule has 2 nitrogen and oxygen atoms in total. The molecule has 0 spiro atoms. The van der Waals surface area contributed by atoms with Gasteiger partial charge in [-0.3, -0.25) is 4.90 Å². The number of nitrogens with one attached hydrogen (secondary N) is 1. The van der Waals surface area contributed by atoms with Crippen molar-refractivity contribution >= 4 is 0 Å². The molecule has 19 heavy (non-hydrogen) atoms. The number of rotatable bonds is 3. The van der Waals surface area contributed by atoms with Crippen LogP contribution in [0.2, 0.25) is 0 Å². The molecule has 1 saturated heterocycles. The van der Waals surface area contributed by atoms with E-state index in [0.717, 1.165) is 24.7 Å². The summed E-state index contributed by atoms with van der Waals surface area (Å²) >= 11 is 0. The zero-order valence-corrected chi connectivity index (χ0v) is 11.3. The normalized spacial score (nSPS) is 37.1. The Labute approximate surface area is 112 Å². The van der Waals surface area contributed by atoms with E-state index >= 15 is 0 Å². The average Bonchev–Trinajstić information content (AvgIpc) is 2.92. The molecule has 1 N–H and O–H groups in total. The number of alkyl halides is 3. The summed E-state index contributed by atoms with van der Waals surface area (Å²) in [5.41, 5.74) is 0. The predicted molar refractivity (Wildman–Crippen MR) is 67.9 cm³/mol. The number of likely N-dealkylation sites (tertiary alicyclic amines) is 1. The van der Waals surface area contributed by atoms with Crippen LogP contribution in [0.15, 0.2) is 0 Å². The van der Waals surface area contributed by atoms with E-state index in [1.165, 1.54) is 25.7 Å². The smallest absolute Gasteiger partial charge is 0.311 e. The van der Waals surface area contributed by atoms with Gasteiger partial charge in [0, 0.05) is 12.1 Å². The number of halogens is 3. The quantitative estimate of drug-likeness (QED) is 0.852. The molecule has 3 atom stereocenters. The number of hydrogen-bond donors (Lipinski definition) is 1. The van der Waals surface area contributed by atoms with E-state index in [2.05, 4.69) is 5.32 Å². The van der Waals surface area contributed by atoms with Crippen molar-refractivity contribution in [3.8, 4) is 0 Å². The van der Waals surface area contributed by atoms with Gasteiger partial charge in [0.15, 0.2) is 0 Å². The Bertz CT molecular complexity index is 310. The van der Waals surface area contributed by atoms with Crippen molar-refractivity contribution < 1.29 is 13.2 Å². The van der Waals surface area contributed by atoms with Crippen LogP contribution in [-0.2, 0) is 0 Å². The van der Waals surface area contributed by atoms with Gasteiger partial charge < -0.3 is 5.32 Å². The zero-order valence-electron chi connectivity index (χ0n) is 11.3. The third-order valence-electron chi connectivity index (χ3n) is 5.18. The topological polar surface area (TPSA) is 15.3 Å². The fourth-order valence-electron chi connectivity index (χ4n) is 4.26. The lowest BCUT2D eigenvalue weighted by Crippen LogP contribution is -2.49. The molecule has 0 aromatic carbocycles. The van der Waals surface area contributed by atoms with Crippen LogP contribution in [0.5, 0.6) is 0 Å². The first-order valence-electron chi connectivity index (χ1n) is 7.55. The molecule has 3 rings (SSSR count). The molecule has 0 radical (unpaired) electrons. The Hall–Kier alpha value is -0.290. The maximum absolute atomic E-state index is 12.3. The molecule has 3 unspecified atom stereocenters. The molecular formula is C14H23F3N2. The lowest BCUT2D eigenvalue weighted by molar-refractivity contribution is -0.148. The molecule has 5 heteroatoms. The molecule has 1 heterocycles. The molecule has 1 aliphatic heterocycles. The van der Waals surface area contributed by atoms with Crippen LogP contribution in [0.25, 0.3) is 0 Å². The summed E-state index contributed by atoms with van der Waals surface area (Å²) < 4.78 is 36.9. The molecule has 110 valence electrons. The third-order valence-corrected chi connectivity index (χ3v) is 5.18. The second-order valence-corrected chi connectivity index (χ2v) is 6.61. The number of fused-ring (bicyclic) bond motifs is 2. The van der Waals surface area contributed by atoms with E-state index in [1.807, 2.05) is 0 Å². The van der Waals surface area contributed by atoms with Crippen LogP contribution in [0.1, 0.15) is 38.5 Å². The molecule has 2 aliphatic carbocycles. The van der Waals surface area contributed by atoms with E-state index in [1.54, 1.807) is 4.90 Å². The molecule has 3 fully saturated rings. The van der Waals surface area contributed by atoms with Gasteiger partial charge in [0.25, 0.3) is 0 Å². The monoisotopic (exact) mass is 276 g/mol. The maximum Gasteiger partial charge on any atom is 0.401 e. The fraction of sp³-hybridized carbons (Fsp3) is 1.00. The summed E-state index contributed by atoms with van der Waals surface area (Å²) in [4.78, 5) is 1.54. The summed E-state index contributed by atoms with van der Waals surface area (Å²) in [6.45, 7) is 0.420. The Morgan fingerprint density at radius 1 is 1.00 bits per heavy atom. The average molecular weight is 276 g/mol. The minimum Gasteiger partial charge on any atom is -0.311 e. The lowest BCUT2D eigenvalue weighted by atomic mass is 9.93. The van der Waals surface area contributed by atoms with Gasteiger partial charge in [-0.2, -0.15) is 13.2 Å². The highest BCUT2D eigenvalue weighted by atomic mass is 19.4. The summed E-state index contributed by atoms with van der Waals surface area (Å²) in [6, 6.07) is 1.09. The largest absolute Gasteiger partial charge is 0.401 e. The molecule has 2 bridgehead atoms. The van der Waals surface area contributed by atoms with Crippen molar-refractivity contribution in [1.82, 2.24) is 10.2 Å². The van der Waals surface area contributed by atoms with Crippen molar-refractivity contribution in [2.75, 3.05) is 19.6 Å². The fourth-order valence-corrected chi connectivity index (χ4v) is 4.26. The molecule has 2 saturated carbocycles. The highest BCUT2D eigenvalue weighted by Gasteiger charge is 2.40. The van der Waals surface area contributed by atoms with Crippen molar-refractivity contribution in [3.63, 3.8) is 0 Å². The van der Waals surface area contributed by atoms with Gasteiger partial charge in [-0.05, 0) is 57.0 Å². The van der Waals surface area contributed by atoms with Gasteiger partial charge in [0.05, 0.1) is 6.54 Å². The molecule has 0 aromatic rings. The Balaban J connectivity index is 1.41. The Kier molecular flexibility index (Phi) is 3.78. The van der Waals surface area contributed by atoms with Gasteiger partial charge in [-0.25, -0.2) is 0 Å². The third kappa shape index (κ3) is 3.43. The van der Waals surface area contributed by atoms with E-state index in [0.29, 0.717) is 25.2 Å². The maximum atomic E-state index is 12.3. The van der Waals surface area contributed by atoms with Crippen LogP contribution in [-0.4, -0.2) is 42.8 Å². The Morgan fingerprint density at radius 2 is 1.74 bits per heavy atom. The van der Waals surface area contributed by atoms with Crippen molar-refractivity contribution in [1.29, 1.82) is 0 Å². The van der Waals surface area contributed by atoms with Crippen LogP contribution in [0.4, 0.5) is 13.2 Å². The minimum absolute atomic E-state index is 0.439. The second-order valence-electron chi connectivity index (χ2n) is 6.61.